The maximum atomic E-state index is 11.9. The van der Waals surface area contributed by atoms with Crippen molar-refractivity contribution in [2.45, 2.75) is 20.3 Å². The number of Topliss-reactive ketones (excluding diaryl/α,β-unsaturated/α-hetero) is 1. The van der Waals surface area contributed by atoms with Crippen LogP contribution in [0.25, 0.3) is 0 Å². The Morgan fingerprint density at radius 1 is 1.24 bits per heavy atom. The van der Waals surface area contributed by atoms with Crippen LogP contribution < -0.4 is 0 Å². The molecule has 0 aliphatic heterocycles. The van der Waals surface area contributed by atoms with Gasteiger partial charge < -0.3 is 9.47 Å². The lowest BCUT2D eigenvalue weighted by atomic mass is 9.90. The van der Waals surface area contributed by atoms with E-state index in [1.165, 1.54) is 0 Å². The van der Waals surface area contributed by atoms with Gasteiger partial charge in [0.25, 0.3) is 5.78 Å². The van der Waals surface area contributed by atoms with Crippen molar-refractivity contribution in [3.63, 3.8) is 0 Å². The summed E-state index contributed by atoms with van der Waals surface area (Å²) in [5, 5.41) is 0. The number of carbonyl (C=O) groups is 2. The monoisotopic (exact) mass is 290 g/mol. The Morgan fingerprint density at radius 3 is 2.48 bits per heavy atom. The van der Waals surface area contributed by atoms with E-state index in [0.717, 1.165) is 6.42 Å². The minimum absolute atomic E-state index is 0.151. The fraction of sp³-hybridized carbons (Fsp3) is 0.412. The average Bonchev–Trinajstić information content (AvgIpc) is 2.53. The number of benzene rings is 1. The van der Waals surface area contributed by atoms with Gasteiger partial charge in [0.15, 0.2) is 0 Å². The van der Waals surface area contributed by atoms with E-state index in [4.69, 9.17) is 9.47 Å². The molecule has 21 heavy (non-hydrogen) atoms. The number of ketones is 1. The fourth-order valence-corrected chi connectivity index (χ4v) is 1.65. The Morgan fingerprint density at radius 2 is 1.90 bits per heavy atom. The maximum absolute atomic E-state index is 11.9. The third-order valence-corrected chi connectivity index (χ3v) is 3.31. The topological polar surface area (TPSA) is 52.6 Å². The van der Waals surface area contributed by atoms with Gasteiger partial charge >= 0.3 is 5.97 Å². The number of ether oxygens (including phenoxy) is 2. The van der Waals surface area contributed by atoms with E-state index in [1.807, 2.05) is 13.8 Å². The van der Waals surface area contributed by atoms with Crippen LogP contribution in [0.4, 0.5) is 0 Å². The molecule has 114 valence electrons. The van der Waals surface area contributed by atoms with Crippen LogP contribution in [0.2, 0.25) is 0 Å². The van der Waals surface area contributed by atoms with E-state index >= 15 is 0 Å². The van der Waals surface area contributed by atoms with Crippen molar-refractivity contribution in [1.82, 2.24) is 0 Å². The lowest BCUT2D eigenvalue weighted by Gasteiger charge is -2.27. The molecule has 1 unspecified atom stereocenters. The molecule has 4 nitrogen and oxygen atoms in total. The molecule has 1 aromatic carbocycles. The lowest BCUT2D eigenvalue weighted by molar-refractivity contribution is -0.142. The van der Waals surface area contributed by atoms with Gasteiger partial charge in [-0.15, -0.1) is 6.58 Å². The lowest BCUT2D eigenvalue weighted by Crippen LogP contribution is -2.31. The van der Waals surface area contributed by atoms with Gasteiger partial charge in [-0.2, -0.15) is 0 Å². The molecule has 0 fully saturated rings. The fourth-order valence-electron chi connectivity index (χ4n) is 1.65. The van der Waals surface area contributed by atoms with Gasteiger partial charge in [0, 0.05) is 11.0 Å². The molecule has 0 bridgehead atoms. The third kappa shape index (κ3) is 5.52. The van der Waals surface area contributed by atoms with E-state index in [-0.39, 0.29) is 12.0 Å². The van der Waals surface area contributed by atoms with Crippen LogP contribution in [0, 0.1) is 5.41 Å². The van der Waals surface area contributed by atoms with E-state index < -0.39 is 11.8 Å². The highest BCUT2D eigenvalue weighted by Gasteiger charge is 2.27. The number of carbonyl (C=O) groups excluding carboxylic acids is 2. The molecule has 0 aliphatic carbocycles. The second-order valence-electron chi connectivity index (χ2n) is 5.24. The first kappa shape index (κ1) is 17.1. The summed E-state index contributed by atoms with van der Waals surface area (Å²) in [7, 11) is 0. The maximum Gasteiger partial charge on any atom is 0.379 e. The third-order valence-electron chi connectivity index (χ3n) is 3.31. The average molecular weight is 290 g/mol. The van der Waals surface area contributed by atoms with Crippen LogP contribution >= 0.6 is 0 Å². The molecule has 1 rings (SSSR count). The van der Waals surface area contributed by atoms with Crippen molar-refractivity contribution in [2.24, 2.45) is 5.41 Å². The zero-order valence-electron chi connectivity index (χ0n) is 12.6. The molecular formula is C17H22O4. The zero-order chi connectivity index (χ0) is 15.7. The Kier molecular flexibility index (Phi) is 6.82. The number of hydrogen-bond acceptors (Lipinski definition) is 4. The molecule has 4 heteroatoms. The van der Waals surface area contributed by atoms with Crippen molar-refractivity contribution < 1.29 is 19.1 Å². The molecule has 0 saturated carbocycles. The molecule has 0 aromatic heterocycles. The van der Waals surface area contributed by atoms with Crippen molar-refractivity contribution in [3.8, 4) is 0 Å². The highest BCUT2D eigenvalue weighted by Crippen LogP contribution is 2.22. The first-order valence-corrected chi connectivity index (χ1v) is 6.97. The van der Waals surface area contributed by atoms with Crippen molar-refractivity contribution >= 4 is 11.8 Å². The van der Waals surface area contributed by atoms with Gasteiger partial charge in [-0.1, -0.05) is 50.3 Å². The van der Waals surface area contributed by atoms with Crippen LogP contribution in [-0.4, -0.2) is 31.6 Å². The molecule has 1 aromatic rings. The van der Waals surface area contributed by atoms with Crippen molar-refractivity contribution in [3.05, 3.63) is 48.6 Å². The van der Waals surface area contributed by atoms with E-state index in [0.29, 0.717) is 18.8 Å². The van der Waals surface area contributed by atoms with Gasteiger partial charge in [-0.25, -0.2) is 4.79 Å². The molecule has 0 heterocycles. The molecule has 0 amide bonds. The van der Waals surface area contributed by atoms with Gasteiger partial charge in [0.2, 0.25) is 0 Å². The number of esters is 1. The summed E-state index contributed by atoms with van der Waals surface area (Å²) < 4.78 is 10.6. The Bertz CT molecular complexity index is 481. The molecule has 0 saturated heterocycles. The summed E-state index contributed by atoms with van der Waals surface area (Å²) in [6.07, 6.45) is 2.44. The Hall–Kier alpha value is -1.94. The number of hydrogen-bond donors (Lipinski definition) is 0. The predicted molar refractivity (Wildman–Crippen MR) is 81.1 cm³/mol. The smallest absolute Gasteiger partial charge is 0.379 e. The zero-order valence-corrected chi connectivity index (χ0v) is 12.6. The van der Waals surface area contributed by atoms with Crippen molar-refractivity contribution in [2.75, 3.05) is 19.8 Å². The minimum Gasteiger partial charge on any atom is -0.459 e. The van der Waals surface area contributed by atoms with Gasteiger partial charge in [0.05, 0.1) is 19.8 Å². The molecule has 0 radical (unpaired) electrons. The normalized spacial score (nSPS) is 13.2. The first-order chi connectivity index (χ1) is 10.0. The molecule has 0 N–H and O–H groups in total. The first-order valence-electron chi connectivity index (χ1n) is 6.97. The molecular weight excluding hydrogens is 268 g/mol. The van der Waals surface area contributed by atoms with Crippen LogP contribution in [-0.2, 0) is 14.3 Å². The Balaban J connectivity index is 2.54. The van der Waals surface area contributed by atoms with Crippen LogP contribution in [0.5, 0.6) is 0 Å². The summed E-state index contributed by atoms with van der Waals surface area (Å²) in [5.74, 6) is -1.45. The highest BCUT2D eigenvalue weighted by atomic mass is 16.5. The molecule has 1 atom stereocenters. The second kappa shape index (κ2) is 8.37. The van der Waals surface area contributed by atoms with E-state index in [1.54, 1.807) is 36.4 Å². The minimum atomic E-state index is -0.829. The molecule has 0 aliphatic rings. The van der Waals surface area contributed by atoms with Gasteiger partial charge in [0.1, 0.15) is 0 Å². The number of rotatable bonds is 9. The SMILES string of the molecule is C=CCOCC(C)(CC)COC(=O)C(=O)c1ccccc1. The van der Waals surface area contributed by atoms with Crippen LogP contribution in [0.3, 0.4) is 0 Å². The van der Waals surface area contributed by atoms with Crippen LogP contribution in [0.15, 0.2) is 43.0 Å². The molecule has 0 spiro atoms. The van der Waals surface area contributed by atoms with Gasteiger partial charge in [-0.3, -0.25) is 4.79 Å². The van der Waals surface area contributed by atoms with E-state index in [9.17, 15) is 9.59 Å². The summed E-state index contributed by atoms with van der Waals surface area (Å²) in [6.45, 7) is 8.58. The Labute approximate surface area is 125 Å². The summed E-state index contributed by atoms with van der Waals surface area (Å²) in [6, 6.07) is 8.39. The summed E-state index contributed by atoms with van der Waals surface area (Å²) in [4.78, 5) is 23.7. The van der Waals surface area contributed by atoms with E-state index in [2.05, 4.69) is 6.58 Å². The standard InChI is InChI=1S/C17H22O4/c1-4-11-20-12-17(3,5-2)13-21-16(19)15(18)14-9-7-6-8-10-14/h4,6-10H,1,5,11-13H2,2-3H3. The highest BCUT2D eigenvalue weighted by molar-refractivity contribution is 6.40. The van der Waals surface area contributed by atoms with Crippen LogP contribution in [0.1, 0.15) is 30.6 Å². The quantitative estimate of drug-likeness (QED) is 0.231. The van der Waals surface area contributed by atoms with Gasteiger partial charge in [-0.05, 0) is 6.42 Å². The summed E-state index contributed by atoms with van der Waals surface area (Å²) in [5.41, 5.74) is 0.0268. The second-order valence-corrected chi connectivity index (χ2v) is 5.24. The van der Waals surface area contributed by atoms with Crippen molar-refractivity contribution in [1.29, 1.82) is 0 Å². The predicted octanol–water partition coefficient (Wildman–Crippen LogP) is 3.03. The summed E-state index contributed by atoms with van der Waals surface area (Å²) >= 11 is 0. The largest absolute Gasteiger partial charge is 0.459 e.